The minimum Gasteiger partial charge on any atom is -0.370 e. The quantitative estimate of drug-likeness (QED) is 0.173. The van der Waals surface area contributed by atoms with Gasteiger partial charge in [0.05, 0.1) is 24.7 Å². The van der Waals surface area contributed by atoms with Crippen LogP contribution in [0.3, 0.4) is 0 Å². The second-order valence-electron chi connectivity index (χ2n) is 10.7. The van der Waals surface area contributed by atoms with Crippen LogP contribution in [0.25, 0.3) is 26.3 Å². The number of carbonyl (C=O) groups excluding carboxylic acids is 1. The fourth-order valence-electron chi connectivity index (χ4n) is 5.40. The summed E-state index contributed by atoms with van der Waals surface area (Å²) in [4.78, 5) is 48.2. The van der Waals surface area contributed by atoms with Crippen LogP contribution in [0.5, 0.6) is 0 Å². The summed E-state index contributed by atoms with van der Waals surface area (Å²) in [6, 6.07) is 28.0. The summed E-state index contributed by atoms with van der Waals surface area (Å²) in [6.07, 6.45) is 0. The highest BCUT2D eigenvalue weighted by molar-refractivity contribution is 7.22. The predicted octanol–water partition coefficient (Wildman–Crippen LogP) is 6.53. The minimum atomic E-state index is -0.802. The standard InChI is InChI=1S/C35H29F2N5O4S/c1-40(24-10-5-3-6-11-24)20-27-30-32(43)42(25-12-7-4-8-13-25)35(45)41(21-26-28(36)14-9-15-29(26)37)33(30)47-31(27)22-16-18-23(19-17-22)38-34(44)39-46-2/h3-19H,20-21H2,1-2H3,(H2,38,39,44). The Labute approximate surface area is 271 Å². The molecular formula is C35H29F2N5O4S. The second kappa shape index (κ2) is 13.4. The lowest BCUT2D eigenvalue weighted by atomic mass is 10.1. The number of nitrogens with one attached hydrogen (secondary N) is 2. The highest BCUT2D eigenvalue weighted by Crippen LogP contribution is 2.39. The van der Waals surface area contributed by atoms with Crippen LogP contribution in [0.15, 0.2) is 113 Å². The molecule has 47 heavy (non-hydrogen) atoms. The van der Waals surface area contributed by atoms with Crippen LogP contribution in [0.4, 0.5) is 25.0 Å². The Morgan fingerprint density at radius 1 is 0.851 bits per heavy atom. The highest BCUT2D eigenvalue weighted by atomic mass is 32.1. The highest BCUT2D eigenvalue weighted by Gasteiger charge is 2.26. The third-order valence-corrected chi connectivity index (χ3v) is 8.96. The molecule has 2 N–H and O–H groups in total. The van der Waals surface area contributed by atoms with Gasteiger partial charge in [0, 0.05) is 41.0 Å². The number of benzene rings is 4. The largest absolute Gasteiger partial charge is 0.370 e. The summed E-state index contributed by atoms with van der Waals surface area (Å²) in [5.74, 6) is -1.60. The number of hydrogen-bond donors (Lipinski definition) is 2. The Morgan fingerprint density at radius 3 is 2.13 bits per heavy atom. The van der Waals surface area contributed by atoms with E-state index in [9.17, 15) is 23.2 Å². The minimum absolute atomic E-state index is 0.259. The molecule has 2 heterocycles. The Bertz CT molecular complexity index is 2160. The number of hydroxylamine groups is 1. The molecule has 0 aliphatic heterocycles. The van der Waals surface area contributed by atoms with E-state index in [1.807, 2.05) is 42.3 Å². The van der Waals surface area contributed by atoms with Crippen molar-refractivity contribution in [2.45, 2.75) is 13.1 Å². The number of nitrogens with zero attached hydrogens (tertiary/aromatic N) is 3. The molecule has 0 saturated heterocycles. The smallest absolute Gasteiger partial charge is 0.343 e. The van der Waals surface area contributed by atoms with Crippen LogP contribution in [-0.4, -0.2) is 29.3 Å². The molecule has 4 aromatic carbocycles. The second-order valence-corrected chi connectivity index (χ2v) is 11.7. The van der Waals surface area contributed by atoms with Crippen LogP contribution >= 0.6 is 11.3 Å². The Kier molecular flexibility index (Phi) is 8.96. The van der Waals surface area contributed by atoms with Gasteiger partial charge < -0.3 is 10.2 Å². The van der Waals surface area contributed by atoms with Crippen LogP contribution in [-0.2, 0) is 17.9 Å². The van der Waals surface area contributed by atoms with E-state index in [0.29, 0.717) is 27.4 Å². The summed E-state index contributed by atoms with van der Waals surface area (Å²) >= 11 is 1.19. The van der Waals surface area contributed by atoms with Gasteiger partial charge in [0.1, 0.15) is 16.5 Å². The van der Waals surface area contributed by atoms with E-state index in [1.54, 1.807) is 54.6 Å². The summed E-state index contributed by atoms with van der Waals surface area (Å²) in [6.45, 7) is -0.168. The third-order valence-electron chi connectivity index (χ3n) is 7.66. The van der Waals surface area contributed by atoms with E-state index in [0.717, 1.165) is 22.4 Å². The molecule has 6 rings (SSSR count). The lowest BCUT2D eigenvalue weighted by molar-refractivity contribution is 0.114. The summed E-state index contributed by atoms with van der Waals surface area (Å²) in [7, 11) is 3.22. The van der Waals surface area contributed by atoms with Crippen molar-refractivity contribution in [1.29, 1.82) is 0 Å². The zero-order valence-corrected chi connectivity index (χ0v) is 26.2. The predicted molar refractivity (Wildman–Crippen MR) is 180 cm³/mol. The number of anilines is 2. The summed E-state index contributed by atoms with van der Waals surface area (Å²) < 4.78 is 32.3. The molecular weight excluding hydrogens is 624 g/mol. The molecule has 9 nitrogen and oxygen atoms in total. The Hall–Kier alpha value is -5.59. The van der Waals surface area contributed by atoms with Gasteiger partial charge in [-0.15, -0.1) is 11.3 Å². The molecule has 0 aliphatic carbocycles. The monoisotopic (exact) mass is 653 g/mol. The van der Waals surface area contributed by atoms with Gasteiger partial charge in [0.15, 0.2) is 0 Å². The lowest BCUT2D eigenvalue weighted by Gasteiger charge is -2.20. The van der Waals surface area contributed by atoms with Gasteiger partial charge >= 0.3 is 11.7 Å². The van der Waals surface area contributed by atoms with Crippen molar-refractivity contribution in [3.8, 4) is 16.1 Å². The zero-order chi connectivity index (χ0) is 33.1. The molecule has 0 saturated carbocycles. The SMILES string of the molecule is CONC(=O)Nc1ccc(-c2sc3c(c2CN(C)c2ccccc2)c(=O)n(-c2ccccc2)c(=O)n3Cc2c(F)cccc2F)cc1. The maximum atomic E-state index is 15.0. The van der Waals surface area contributed by atoms with Crippen molar-refractivity contribution in [2.24, 2.45) is 0 Å². The first-order valence-corrected chi connectivity index (χ1v) is 15.3. The summed E-state index contributed by atoms with van der Waals surface area (Å²) in [5, 5.41) is 2.91. The number of urea groups is 1. The van der Waals surface area contributed by atoms with E-state index in [4.69, 9.17) is 0 Å². The first kappa shape index (κ1) is 31.4. The third kappa shape index (κ3) is 6.28. The number of thiophene rings is 1. The molecule has 238 valence electrons. The van der Waals surface area contributed by atoms with Gasteiger partial charge in [0.2, 0.25) is 0 Å². The first-order chi connectivity index (χ1) is 22.8. The fraction of sp³-hybridized carbons (Fsp3) is 0.114. The number of para-hydroxylation sites is 2. The van der Waals surface area contributed by atoms with Crippen molar-refractivity contribution < 1.29 is 18.4 Å². The van der Waals surface area contributed by atoms with Crippen LogP contribution in [0.1, 0.15) is 11.1 Å². The average Bonchev–Trinajstić information content (AvgIpc) is 3.44. The molecule has 0 radical (unpaired) electrons. The maximum absolute atomic E-state index is 15.0. The number of hydrogen-bond acceptors (Lipinski definition) is 6. The molecule has 2 amide bonds. The van der Waals surface area contributed by atoms with Crippen molar-refractivity contribution in [2.75, 3.05) is 24.4 Å². The molecule has 0 bridgehead atoms. The number of amides is 2. The number of carbonyl (C=O) groups is 1. The van der Waals surface area contributed by atoms with Crippen LogP contribution in [0, 0.1) is 11.6 Å². The van der Waals surface area contributed by atoms with Crippen molar-refractivity contribution in [3.05, 3.63) is 147 Å². The van der Waals surface area contributed by atoms with Gasteiger partial charge in [0.25, 0.3) is 5.56 Å². The molecule has 12 heteroatoms. The van der Waals surface area contributed by atoms with E-state index in [1.165, 1.54) is 29.1 Å². The zero-order valence-electron chi connectivity index (χ0n) is 25.4. The Balaban J connectivity index is 1.62. The van der Waals surface area contributed by atoms with Gasteiger partial charge in [-0.2, -0.15) is 0 Å². The molecule has 2 aromatic heterocycles. The van der Waals surface area contributed by atoms with Gasteiger partial charge in [-0.05, 0) is 54.1 Å². The maximum Gasteiger partial charge on any atom is 0.343 e. The number of fused-ring (bicyclic) bond motifs is 1. The van der Waals surface area contributed by atoms with Crippen molar-refractivity contribution >= 4 is 39.0 Å². The van der Waals surface area contributed by atoms with Gasteiger partial charge in [-0.25, -0.2) is 28.4 Å². The molecule has 0 fully saturated rings. The molecule has 0 spiro atoms. The van der Waals surface area contributed by atoms with E-state index < -0.39 is 35.5 Å². The normalized spacial score (nSPS) is 11.1. The topological polar surface area (TPSA) is 97.6 Å². The van der Waals surface area contributed by atoms with Crippen LogP contribution in [0.2, 0.25) is 0 Å². The molecule has 0 atom stereocenters. The number of halogens is 2. The van der Waals surface area contributed by atoms with Crippen LogP contribution < -0.4 is 26.9 Å². The molecule has 6 aromatic rings. The molecule has 0 unspecified atom stereocenters. The van der Waals surface area contributed by atoms with E-state index >= 15 is 0 Å². The Morgan fingerprint density at radius 2 is 1.49 bits per heavy atom. The van der Waals surface area contributed by atoms with Gasteiger partial charge in [-0.3, -0.25) is 14.2 Å². The van der Waals surface area contributed by atoms with E-state index in [2.05, 4.69) is 15.6 Å². The van der Waals surface area contributed by atoms with Crippen molar-refractivity contribution in [1.82, 2.24) is 14.6 Å². The van der Waals surface area contributed by atoms with Gasteiger partial charge in [-0.1, -0.05) is 54.6 Å². The average molecular weight is 654 g/mol. The first-order valence-electron chi connectivity index (χ1n) is 14.5. The number of aromatic nitrogens is 2. The van der Waals surface area contributed by atoms with E-state index in [-0.39, 0.29) is 22.3 Å². The van der Waals surface area contributed by atoms with Crippen molar-refractivity contribution in [3.63, 3.8) is 0 Å². The molecule has 0 aliphatic rings. The fourth-order valence-corrected chi connectivity index (χ4v) is 6.71. The number of rotatable bonds is 9. The summed E-state index contributed by atoms with van der Waals surface area (Å²) in [5.41, 5.74) is 3.68. The lowest BCUT2D eigenvalue weighted by Crippen LogP contribution is -2.39.